The van der Waals surface area contributed by atoms with Crippen molar-refractivity contribution < 1.29 is 18.7 Å². The maximum atomic E-state index is 11.8. The summed E-state index contributed by atoms with van der Waals surface area (Å²) >= 11 is 0. The largest absolute Gasteiger partial charge is 0.456 e. The predicted octanol–water partition coefficient (Wildman–Crippen LogP) is 3.48. The molecule has 7 nitrogen and oxygen atoms in total. The molecule has 2 aromatic heterocycles. The van der Waals surface area contributed by atoms with Crippen LogP contribution in [-0.2, 0) is 17.9 Å². The first-order valence-electron chi connectivity index (χ1n) is 7.70. The quantitative estimate of drug-likeness (QED) is 0.695. The molecule has 25 heavy (non-hydrogen) atoms. The van der Waals surface area contributed by atoms with E-state index >= 15 is 0 Å². The molecule has 0 unspecified atom stereocenters. The van der Waals surface area contributed by atoms with Gasteiger partial charge in [0.15, 0.2) is 11.5 Å². The molecule has 0 fully saturated rings. The highest BCUT2D eigenvalue weighted by Crippen LogP contribution is 2.12. The molecule has 0 radical (unpaired) electrons. The minimum atomic E-state index is -0.555. The van der Waals surface area contributed by atoms with Crippen molar-refractivity contribution in [2.24, 2.45) is 0 Å². The van der Waals surface area contributed by atoms with Crippen molar-refractivity contribution in [2.45, 2.75) is 20.1 Å². The van der Waals surface area contributed by atoms with Crippen LogP contribution in [0, 0.1) is 0 Å². The summed E-state index contributed by atoms with van der Waals surface area (Å²) in [7, 11) is 0. The second kappa shape index (κ2) is 7.48. The Bertz CT molecular complexity index is 867. The molecule has 1 N–H and O–H groups in total. The monoisotopic (exact) mass is 339 g/mol. The van der Waals surface area contributed by atoms with Gasteiger partial charge in [-0.25, -0.2) is 4.79 Å². The van der Waals surface area contributed by atoms with Crippen LogP contribution in [-0.4, -0.2) is 21.7 Å². The van der Waals surface area contributed by atoms with Gasteiger partial charge < -0.3 is 9.15 Å². The van der Waals surface area contributed by atoms with E-state index in [4.69, 9.17) is 9.15 Å². The van der Waals surface area contributed by atoms with E-state index in [1.165, 1.54) is 13.1 Å². The summed E-state index contributed by atoms with van der Waals surface area (Å²) in [5, 5.41) is 6.75. The fraction of sp³-hybridized carbons (Fsp3) is 0.167. The Morgan fingerprint density at radius 2 is 2.00 bits per heavy atom. The van der Waals surface area contributed by atoms with E-state index in [9.17, 15) is 9.59 Å². The highest BCUT2D eigenvalue weighted by molar-refractivity contribution is 5.91. The Balaban J connectivity index is 1.52. The van der Waals surface area contributed by atoms with Gasteiger partial charge in [-0.3, -0.25) is 14.8 Å². The van der Waals surface area contributed by atoms with Crippen LogP contribution in [0.25, 0.3) is 0 Å². The summed E-state index contributed by atoms with van der Waals surface area (Å²) in [5.74, 6) is 0.784. The molecule has 0 aliphatic heterocycles. The maximum absolute atomic E-state index is 11.8. The van der Waals surface area contributed by atoms with Crippen LogP contribution in [0.1, 0.15) is 28.8 Å². The second-order valence-corrected chi connectivity index (χ2v) is 5.44. The van der Waals surface area contributed by atoms with E-state index in [0.717, 1.165) is 5.56 Å². The standard InChI is InChI=1S/C18H17N3O4/c1-13(22)17-8-7-16(25-17)11-21-10-15(9-19-21)20-18(23)24-12-14-5-3-2-4-6-14/h2-10H,11-12H2,1H3,(H,20,23). The number of amides is 1. The molecule has 1 amide bonds. The molecule has 0 saturated carbocycles. The van der Waals surface area contributed by atoms with Crippen LogP contribution in [0.4, 0.5) is 10.5 Å². The first kappa shape index (κ1) is 16.5. The first-order valence-corrected chi connectivity index (χ1v) is 7.70. The fourth-order valence-corrected chi connectivity index (χ4v) is 2.20. The third kappa shape index (κ3) is 4.57. The van der Waals surface area contributed by atoms with E-state index in [2.05, 4.69) is 10.4 Å². The molecule has 3 rings (SSSR count). The van der Waals surface area contributed by atoms with E-state index < -0.39 is 6.09 Å². The average molecular weight is 339 g/mol. The van der Waals surface area contributed by atoms with Crippen LogP contribution in [0.5, 0.6) is 0 Å². The Kier molecular flexibility index (Phi) is 4.94. The number of rotatable bonds is 6. The lowest BCUT2D eigenvalue weighted by Crippen LogP contribution is -2.13. The molecule has 1 aromatic carbocycles. The number of ketones is 1. The van der Waals surface area contributed by atoms with Crippen LogP contribution in [0.15, 0.2) is 59.3 Å². The highest BCUT2D eigenvalue weighted by atomic mass is 16.5. The molecule has 0 saturated heterocycles. The van der Waals surface area contributed by atoms with Gasteiger partial charge in [0.25, 0.3) is 0 Å². The van der Waals surface area contributed by atoms with Crippen molar-refractivity contribution in [3.05, 3.63) is 71.9 Å². The number of nitrogens with zero attached hydrogens (tertiary/aromatic N) is 2. The van der Waals surface area contributed by atoms with E-state index in [1.54, 1.807) is 23.0 Å². The Hall–Kier alpha value is -3.35. The van der Waals surface area contributed by atoms with Crippen molar-refractivity contribution in [1.29, 1.82) is 0 Å². The number of nitrogens with one attached hydrogen (secondary N) is 1. The minimum absolute atomic E-state index is 0.129. The molecule has 2 heterocycles. The number of ether oxygens (including phenoxy) is 1. The van der Waals surface area contributed by atoms with Crippen LogP contribution >= 0.6 is 0 Å². The second-order valence-electron chi connectivity index (χ2n) is 5.44. The molecule has 0 aliphatic carbocycles. The van der Waals surface area contributed by atoms with E-state index in [0.29, 0.717) is 23.8 Å². The summed E-state index contributed by atoms with van der Waals surface area (Å²) in [6.07, 6.45) is 2.61. The molecule has 0 aliphatic rings. The number of Topliss-reactive ketones (excluding diaryl/α,β-unsaturated/α-hetero) is 1. The minimum Gasteiger partial charge on any atom is -0.456 e. The fourth-order valence-electron chi connectivity index (χ4n) is 2.20. The molecular weight excluding hydrogens is 322 g/mol. The number of benzene rings is 1. The number of hydrogen-bond donors (Lipinski definition) is 1. The average Bonchev–Trinajstić information content (AvgIpc) is 3.24. The smallest absolute Gasteiger partial charge is 0.412 e. The van der Waals surface area contributed by atoms with Crippen molar-refractivity contribution in [2.75, 3.05) is 5.32 Å². The zero-order valence-electron chi connectivity index (χ0n) is 13.6. The van der Waals surface area contributed by atoms with Gasteiger partial charge in [-0.1, -0.05) is 30.3 Å². The molecule has 0 atom stereocenters. The lowest BCUT2D eigenvalue weighted by atomic mass is 10.2. The Labute approximate surface area is 144 Å². The summed E-state index contributed by atoms with van der Waals surface area (Å²) < 4.78 is 12.1. The van der Waals surface area contributed by atoms with Crippen LogP contribution in [0.2, 0.25) is 0 Å². The number of aromatic nitrogens is 2. The van der Waals surface area contributed by atoms with Crippen molar-refractivity contribution in [3.8, 4) is 0 Å². The molecule has 0 spiro atoms. The Morgan fingerprint density at radius 3 is 2.72 bits per heavy atom. The van der Waals surface area contributed by atoms with Gasteiger partial charge in [0.2, 0.25) is 0 Å². The zero-order chi connectivity index (χ0) is 17.6. The maximum Gasteiger partial charge on any atom is 0.412 e. The van der Waals surface area contributed by atoms with Gasteiger partial charge in [0, 0.05) is 13.1 Å². The number of carbonyl (C=O) groups excluding carboxylic acids is 2. The van der Waals surface area contributed by atoms with Gasteiger partial charge in [0.05, 0.1) is 18.4 Å². The highest BCUT2D eigenvalue weighted by Gasteiger charge is 2.09. The van der Waals surface area contributed by atoms with Crippen LogP contribution < -0.4 is 5.32 Å². The summed E-state index contributed by atoms with van der Waals surface area (Å²) in [5.41, 5.74) is 1.42. The van der Waals surface area contributed by atoms with E-state index in [-0.39, 0.29) is 12.4 Å². The number of carbonyl (C=O) groups is 2. The van der Waals surface area contributed by atoms with Gasteiger partial charge in [-0.2, -0.15) is 5.10 Å². The number of hydrogen-bond acceptors (Lipinski definition) is 5. The van der Waals surface area contributed by atoms with Gasteiger partial charge in [-0.15, -0.1) is 0 Å². The SMILES string of the molecule is CC(=O)c1ccc(Cn2cc(NC(=O)OCc3ccccc3)cn2)o1. The van der Waals surface area contributed by atoms with Crippen molar-refractivity contribution in [3.63, 3.8) is 0 Å². The predicted molar refractivity (Wildman–Crippen MR) is 90.3 cm³/mol. The third-order valence-corrected chi connectivity index (χ3v) is 3.42. The number of anilines is 1. The molecule has 128 valence electrons. The molecule has 3 aromatic rings. The van der Waals surface area contributed by atoms with Gasteiger partial charge in [0.1, 0.15) is 12.4 Å². The molecular formula is C18H17N3O4. The van der Waals surface area contributed by atoms with Crippen LogP contribution in [0.3, 0.4) is 0 Å². The molecule has 7 heteroatoms. The van der Waals surface area contributed by atoms with Crippen molar-refractivity contribution in [1.82, 2.24) is 9.78 Å². The summed E-state index contributed by atoms with van der Waals surface area (Å²) in [4.78, 5) is 23.0. The summed E-state index contributed by atoms with van der Waals surface area (Å²) in [6, 6.07) is 12.8. The first-order chi connectivity index (χ1) is 12.1. The van der Waals surface area contributed by atoms with E-state index in [1.807, 2.05) is 30.3 Å². The zero-order valence-corrected chi connectivity index (χ0v) is 13.6. The lowest BCUT2D eigenvalue weighted by molar-refractivity contribution is 0.0985. The van der Waals surface area contributed by atoms with Gasteiger partial charge in [-0.05, 0) is 17.7 Å². The topological polar surface area (TPSA) is 86.4 Å². The third-order valence-electron chi connectivity index (χ3n) is 3.42. The lowest BCUT2D eigenvalue weighted by Gasteiger charge is -2.05. The number of furan rings is 1. The Morgan fingerprint density at radius 1 is 1.20 bits per heavy atom. The summed E-state index contributed by atoms with van der Waals surface area (Å²) in [6.45, 7) is 1.99. The normalized spacial score (nSPS) is 10.4. The van der Waals surface area contributed by atoms with Gasteiger partial charge >= 0.3 is 6.09 Å². The van der Waals surface area contributed by atoms with Crippen molar-refractivity contribution >= 4 is 17.6 Å². The molecule has 0 bridgehead atoms.